The van der Waals surface area contributed by atoms with E-state index in [1.165, 1.54) is 0 Å². The van der Waals surface area contributed by atoms with Gasteiger partial charge in [-0.25, -0.2) is 4.98 Å². The van der Waals surface area contributed by atoms with Crippen LogP contribution >= 0.6 is 0 Å². The van der Waals surface area contributed by atoms with E-state index in [4.69, 9.17) is 15.7 Å². The lowest BCUT2D eigenvalue weighted by Crippen LogP contribution is -2.46. The normalized spacial score (nSPS) is 20.5. The Kier molecular flexibility index (Phi) is 3.34. The Balaban J connectivity index is 2.20. The largest absolute Gasteiger partial charge is 0.373 e. The zero-order chi connectivity index (χ0) is 11.4. The molecule has 2 heterocycles. The van der Waals surface area contributed by atoms with Gasteiger partial charge in [-0.15, -0.1) is 0 Å². The fourth-order valence-corrected chi connectivity index (χ4v) is 1.82. The summed E-state index contributed by atoms with van der Waals surface area (Å²) in [4.78, 5) is 6.15. The van der Waals surface area contributed by atoms with Gasteiger partial charge in [0.2, 0.25) is 0 Å². The quantitative estimate of drug-likeness (QED) is 0.763. The maximum atomic E-state index is 8.98. The van der Waals surface area contributed by atoms with Crippen molar-refractivity contribution < 1.29 is 4.74 Å². The van der Waals surface area contributed by atoms with Crippen LogP contribution in [0.5, 0.6) is 0 Å². The molecule has 84 valence electrons. The zero-order valence-corrected chi connectivity index (χ0v) is 8.97. The molecule has 1 saturated heterocycles. The first-order chi connectivity index (χ1) is 7.85. The molecular formula is C11H14N4O. The number of ether oxygens (including phenoxy) is 1. The molecule has 0 aromatic carbocycles. The van der Waals surface area contributed by atoms with Crippen LogP contribution in [0.4, 0.5) is 5.69 Å². The van der Waals surface area contributed by atoms with E-state index in [2.05, 4.69) is 16.0 Å². The molecule has 0 bridgehead atoms. The van der Waals surface area contributed by atoms with E-state index in [1.54, 1.807) is 6.20 Å². The number of morpholine rings is 1. The van der Waals surface area contributed by atoms with Gasteiger partial charge in [0.1, 0.15) is 6.07 Å². The molecule has 2 N–H and O–H groups in total. The minimum Gasteiger partial charge on any atom is -0.373 e. The number of rotatable bonds is 2. The van der Waals surface area contributed by atoms with Crippen LogP contribution in [0.3, 0.4) is 0 Å². The maximum Gasteiger partial charge on any atom is 0.163 e. The first kappa shape index (κ1) is 10.9. The molecule has 1 aliphatic rings. The van der Waals surface area contributed by atoms with Crippen molar-refractivity contribution >= 4 is 5.69 Å². The molecule has 1 aliphatic heterocycles. The number of anilines is 1. The summed E-state index contributed by atoms with van der Waals surface area (Å²) >= 11 is 0. The lowest BCUT2D eigenvalue weighted by Gasteiger charge is -2.34. The van der Waals surface area contributed by atoms with E-state index in [9.17, 15) is 0 Å². The molecule has 5 nitrogen and oxygen atoms in total. The highest BCUT2D eigenvalue weighted by molar-refractivity contribution is 5.55. The number of hydrogen-bond donors (Lipinski definition) is 1. The highest BCUT2D eigenvalue weighted by Crippen LogP contribution is 2.19. The fraction of sp³-hybridized carbons (Fsp3) is 0.455. The molecule has 0 aliphatic carbocycles. The third kappa shape index (κ3) is 2.13. The SMILES string of the molecule is N#Cc1ncccc1N1CCOC(CN)C1. The van der Waals surface area contributed by atoms with Crippen LogP contribution in [-0.4, -0.2) is 37.3 Å². The third-order valence-electron chi connectivity index (χ3n) is 2.63. The smallest absolute Gasteiger partial charge is 0.163 e. The van der Waals surface area contributed by atoms with Crippen LogP contribution in [0.15, 0.2) is 18.3 Å². The molecule has 0 spiro atoms. The summed E-state index contributed by atoms with van der Waals surface area (Å²) in [5.41, 5.74) is 6.91. The Morgan fingerprint density at radius 3 is 3.31 bits per heavy atom. The molecule has 1 unspecified atom stereocenters. The van der Waals surface area contributed by atoms with E-state index in [0.29, 0.717) is 18.8 Å². The number of nitrogens with two attached hydrogens (primary N) is 1. The molecular weight excluding hydrogens is 204 g/mol. The summed E-state index contributed by atoms with van der Waals surface area (Å²) in [5.74, 6) is 0. The monoisotopic (exact) mass is 218 g/mol. The third-order valence-corrected chi connectivity index (χ3v) is 2.63. The molecule has 5 heteroatoms. The second-order valence-electron chi connectivity index (χ2n) is 3.66. The first-order valence-corrected chi connectivity index (χ1v) is 5.27. The van der Waals surface area contributed by atoms with Crippen molar-refractivity contribution in [3.05, 3.63) is 24.0 Å². The van der Waals surface area contributed by atoms with Crippen molar-refractivity contribution in [1.29, 1.82) is 5.26 Å². The van der Waals surface area contributed by atoms with Gasteiger partial charge >= 0.3 is 0 Å². The van der Waals surface area contributed by atoms with Gasteiger partial charge < -0.3 is 15.4 Å². The molecule has 1 fully saturated rings. The molecule has 1 atom stereocenters. The van der Waals surface area contributed by atoms with Gasteiger partial charge in [-0.1, -0.05) is 0 Å². The van der Waals surface area contributed by atoms with E-state index in [1.807, 2.05) is 12.1 Å². The Bertz CT molecular complexity index is 401. The summed E-state index contributed by atoms with van der Waals surface area (Å²) in [6, 6.07) is 5.84. The molecule has 0 saturated carbocycles. The highest BCUT2D eigenvalue weighted by Gasteiger charge is 2.21. The summed E-state index contributed by atoms with van der Waals surface area (Å²) in [7, 11) is 0. The van der Waals surface area contributed by atoms with Crippen molar-refractivity contribution in [1.82, 2.24) is 4.98 Å². The highest BCUT2D eigenvalue weighted by atomic mass is 16.5. The van der Waals surface area contributed by atoms with Crippen LogP contribution in [0.25, 0.3) is 0 Å². The number of pyridine rings is 1. The van der Waals surface area contributed by atoms with Gasteiger partial charge in [-0.05, 0) is 12.1 Å². The van der Waals surface area contributed by atoms with Crippen LogP contribution in [-0.2, 0) is 4.74 Å². The van der Waals surface area contributed by atoms with Gasteiger partial charge in [-0.3, -0.25) is 0 Å². The van der Waals surface area contributed by atoms with Crippen LogP contribution < -0.4 is 10.6 Å². The summed E-state index contributed by atoms with van der Waals surface area (Å²) in [5, 5.41) is 8.98. The Morgan fingerprint density at radius 1 is 1.69 bits per heavy atom. The van der Waals surface area contributed by atoms with Crippen molar-refractivity contribution in [2.24, 2.45) is 5.73 Å². The second-order valence-corrected chi connectivity index (χ2v) is 3.66. The standard InChI is InChI=1S/C11H14N4O/c12-6-9-8-15(4-5-16-9)11-2-1-3-14-10(11)7-13/h1-3,9H,4-6,8,12H2. The number of aromatic nitrogens is 1. The molecule has 1 aromatic rings. The first-order valence-electron chi connectivity index (χ1n) is 5.27. The molecule has 2 rings (SSSR count). The lowest BCUT2D eigenvalue weighted by atomic mass is 10.2. The van der Waals surface area contributed by atoms with Crippen molar-refractivity contribution in [3.63, 3.8) is 0 Å². The predicted octanol–water partition coefficient (Wildman–Crippen LogP) is 0.117. The fourth-order valence-electron chi connectivity index (χ4n) is 1.82. The molecule has 1 aromatic heterocycles. The van der Waals surface area contributed by atoms with E-state index in [0.717, 1.165) is 18.8 Å². The van der Waals surface area contributed by atoms with Gasteiger partial charge in [0, 0.05) is 25.8 Å². The molecule has 0 radical (unpaired) electrons. The Morgan fingerprint density at radius 2 is 2.56 bits per heavy atom. The number of nitrogens with zero attached hydrogens (tertiary/aromatic N) is 3. The topological polar surface area (TPSA) is 75.2 Å². The van der Waals surface area contributed by atoms with Crippen LogP contribution in [0.2, 0.25) is 0 Å². The predicted molar refractivity (Wildman–Crippen MR) is 60.0 cm³/mol. The van der Waals surface area contributed by atoms with Gasteiger partial charge in [0.05, 0.1) is 18.4 Å². The Labute approximate surface area is 94.4 Å². The van der Waals surface area contributed by atoms with Crippen molar-refractivity contribution in [2.75, 3.05) is 31.1 Å². The van der Waals surface area contributed by atoms with E-state index < -0.39 is 0 Å². The van der Waals surface area contributed by atoms with Gasteiger partial charge in [-0.2, -0.15) is 5.26 Å². The minimum absolute atomic E-state index is 0.0421. The van der Waals surface area contributed by atoms with Gasteiger partial charge in [0.25, 0.3) is 0 Å². The second kappa shape index (κ2) is 4.92. The summed E-state index contributed by atoms with van der Waals surface area (Å²) < 4.78 is 5.48. The average Bonchev–Trinajstić information content (AvgIpc) is 2.38. The number of nitriles is 1. The summed E-state index contributed by atoms with van der Waals surface area (Å²) in [6.07, 6.45) is 1.67. The number of hydrogen-bond acceptors (Lipinski definition) is 5. The molecule has 0 amide bonds. The van der Waals surface area contributed by atoms with Crippen LogP contribution in [0, 0.1) is 11.3 Å². The maximum absolute atomic E-state index is 8.98. The molecule has 16 heavy (non-hydrogen) atoms. The lowest BCUT2D eigenvalue weighted by molar-refractivity contribution is 0.0465. The summed E-state index contributed by atoms with van der Waals surface area (Å²) in [6.45, 7) is 2.63. The van der Waals surface area contributed by atoms with Gasteiger partial charge in [0.15, 0.2) is 5.69 Å². The van der Waals surface area contributed by atoms with Crippen molar-refractivity contribution in [3.8, 4) is 6.07 Å². The Hall–Kier alpha value is -1.64. The van der Waals surface area contributed by atoms with E-state index in [-0.39, 0.29) is 6.10 Å². The van der Waals surface area contributed by atoms with Crippen LogP contribution in [0.1, 0.15) is 5.69 Å². The minimum atomic E-state index is 0.0421. The van der Waals surface area contributed by atoms with Crippen molar-refractivity contribution in [2.45, 2.75) is 6.10 Å². The average molecular weight is 218 g/mol. The zero-order valence-electron chi connectivity index (χ0n) is 8.97. The van der Waals surface area contributed by atoms with E-state index >= 15 is 0 Å².